The van der Waals surface area contributed by atoms with Crippen LogP contribution in [0, 0.1) is 0 Å². The number of amides is 1. The van der Waals surface area contributed by atoms with Crippen molar-refractivity contribution < 1.29 is 13.9 Å². The Balaban J connectivity index is 1.29. The van der Waals surface area contributed by atoms with Crippen molar-refractivity contribution in [3.05, 3.63) is 38.6 Å². The van der Waals surface area contributed by atoms with Crippen LogP contribution in [0.4, 0.5) is 0 Å². The molecule has 8 nitrogen and oxygen atoms in total. The van der Waals surface area contributed by atoms with E-state index in [4.69, 9.17) is 14.1 Å². The highest BCUT2D eigenvalue weighted by molar-refractivity contribution is 7.98. The number of aromatic nitrogens is 3. The van der Waals surface area contributed by atoms with Gasteiger partial charge in [-0.1, -0.05) is 31.0 Å². The molecule has 35 heavy (non-hydrogen) atoms. The summed E-state index contributed by atoms with van der Waals surface area (Å²) in [6.45, 7) is 2.23. The average Bonchev–Trinajstić information content (AvgIpc) is 3.53. The van der Waals surface area contributed by atoms with Gasteiger partial charge in [0.1, 0.15) is 11.1 Å². The first-order valence-electron chi connectivity index (χ1n) is 12.7. The molecule has 0 aromatic carbocycles. The largest absolute Gasteiger partial charge is 0.447 e. The van der Waals surface area contributed by atoms with Gasteiger partial charge in [0.2, 0.25) is 5.89 Å². The highest BCUT2D eigenvalue weighted by Crippen LogP contribution is 2.37. The maximum Gasteiger partial charge on any atom is 0.275 e. The Morgan fingerprint density at radius 1 is 1.09 bits per heavy atom. The Bertz CT molecular complexity index is 1280. The van der Waals surface area contributed by atoms with E-state index in [-0.39, 0.29) is 17.5 Å². The van der Waals surface area contributed by atoms with Crippen molar-refractivity contribution in [2.75, 3.05) is 26.3 Å². The first-order chi connectivity index (χ1) is 17.2. The van der Waals surface area contributed by atoms with E-state index >= 15 is 0 Å². The van der Waals surface area contributed by atoms with Gasteiger partial charge in [0.15, 0.2) is 10.9 Å². The number of carbonyl (C=O) groups is 1. The van der Waals surface area contributed by atoms with Crippen molar-refractivity contribution in [2.24, 2.45) is 0 Å². The topological polar surface area (TPSA) is 90.5 Å². The molecule has 3 aromatic rings. The molecule has 3 aromatic heterocycles. The van der Waals surface area contributed by atoms with Crippen LogP contribution in [0.5, 0.6) is 0 Å². The van der Waals surface area contributed by atoms with Crippen molar-refractivity contribution in [2.45, 2.75) is 74.7 Å². The van der Waals surface area contributed by atoms with Gasteiger partial charge in [-0.05, 0) is 44.1 Å². The number of fused-ring (bicyclic) bond motifs is 3. The number of morpholine rings is 1. The molecule has 1 amide bonds. The minimum Gasteiger partial charge on any atom is -0.447 e. The monoisotopic (exact) mass is 514 g/mol. The number of rotatable bonds is 5. The van der Waals surface area contributed by atoms with E-state index < -0.39 is 0 Å². The van der Waals surface area contributed by atoms with Gasteiger partial charge in [-0.2, -0.15) is 0 Å². The number of ether oxygens (including phenoxy) is 1. The predicted octanol–water partition coefficient (Wildman–Crippen LogP) is 4.59. The Morgan fingerprint density at radius 2 is 1.89 bits per heavy atom. The first-order valence-corrected chi connectivity index (χ1v) is 14.5. The summed E-state index contributed by atoms with van der Waals surface area (Å²) in [5, 5.41) is 1.60. The smallest absolute Gasteiger partial charge is 0.275 e. The maximum absolute atomic E-state index is 13.9. The summed E-state index contributed by atoms with van der Waals surface area (Å²) < 4.78 is 12.9. The molecule has 10 heteroatoms. The third kappa shape index (κ3) is 4.56. The fourth-order valence-corrected chi connectivity index (χ4v) is 7.71. The van der Waals surface area contributed by atoms with E-state index in [0.29, 0.717) is 43.6 Å². The van der Waals surface area contributed by atoms with Crippen LogP contribution >= 0.6 is 23.1 Å². The number of hydrogen-bond donors (Lipinski definition) is 0. The lowest BCUT2D eigenvalue weighted by Crippen LogP contribution is -2.40. The Hall–Kier alpha value is -2.17. The van der Waals surface area contributed by atoms with Crippen LogP contribution in [-0.4, -0.2) is 51.6 Å². The van der Waals surface area contributed by atoms with Gasteiger partial charge in [-0.15, -0.1) is 11.3 Å². The summed E-state index contributed by atoms with van der Waals surface area (Å²) in [5.74, 6) is 0.768. The molecule has 0 unspecified atom stereocenters. The zero-order valence-electron chi connectivity index (χ0n) is 19.8. The van der Waals surface area contributed by atoms with E-state index in [1.54, 1.807) is 16.2 Å². The molecule has 1 saturated carbocycles. The molecule has 0 atom stereocenters. The molecule has 0 bridgehead atoms. The second-order valence-electron chi connectivity index (χ2n) is 9.57. The van der Waals surface area contributed by atoms with Crippen LogP contribution in [0.2, 0.25) is 0 Å². The summed E-state index contributed by atoms with van der Waals surface area (Å²) in [6, 6.07) is 0.192. The van der Waals surface area contributed by atoms with E-state index in [1.165, 1.54) is 41.3 Å². The lowest BCUT2D eigenvalue weighted by Gasteiger charge is -2.26. The fourth-order valence-electron chi connectivity index (χ4n) is 5.49. The van der Waals surface area contributed by atoms with Gasteiger partial charge in [0.25, 0.3) is 11.5 Å². The zero-order chi connectivity index (χ0) is 23.8. The molecular weight excluding hydrogens is 484 g/mol. The molecule has 0 radical (unpaired) electrons. The molecule has 186 valence electrons. The van der Waals surface area contributed by atoms with E-state index in [1.807, 2.05) is 4.57 Å². The highest BCUT2D eigenvalue weighted by atomic mass is 32.2. The molecule has 1 saturated heterocycles. The van der Waals surface area contributed by atoms with Crippen molar-refractivity contribution in [3.8, 4) is 0 Å². The lowest BCUT2D eigenvalue weighted by atomic mass is 9.94. The number of thiophene rings is 1. The van der Waals surface area contributed by atoms with Crippen LogP contribution in [0.25, 0.3) is 10.2 Å². The van der Waals surface area contributed by atoms with Gasteiger partial charge in [-0.3, -0.25) is 14.2 Å². The van der Waals surface area contributed by atoms with Crippen LogP contribution in [0.1, 0.15) is 77.8 Å². The van der Waals surface area contributed by atoms with Crippen LogP contribution < -0.4 is 5.56 Å². The normalized spacial score (nSPS) is 19.3. The Morgan fingerprint density at radius 3 is 2.71 bits per heavy atom. The van der Waals surface area contributed by atoms with Crippen molar-refractivity contribution in [1.29, 1.82) is 0 Å². The summed E-state index contributed by atoms with van der Waals surface area (Å²) in [7, 11) is 0. The van der Waals surface area contributed by atoms with Gasteiger partial charge in [-0.25, -0.2) is 9.97 Å². The quantitative estimate of drug-likeness (QED) is 0.363. The number of carbonyl (C=O) groups excluding carboxylic acids is 1. The summed E-state index contributed by atoms with van der Waals surface area (Å²) in [5.41, 5.74) is 1.69. The summed E-state index contributed by atoms with van der Waals surface area (Å²) >= 11 is 3.18. The molecule has 1 aliphatic heterocycles. The maximum atomic E-state index is 13.9. The van der Waals surface area contributed by atoms with E-state index in [9.17, 15) is 9.59 Å². The number of hydrogen-bond acceptors (Lipinski definition) is 8. The number of nitrogens with zero attached hydrogens (tertiary/aromatic N) is 4. The molecule has 4 heterocycles. The van der Waals surface area contributed by atoms with Gasteiger partial charge < -0.3 is 14.1 Å². The van der Waals surface area contributed by atoms with Gasteiger partial charge in [0.05, 0.1) is 24.4 Å². The summed E-state index contributed by atoms with van der Waals surface area (Å²) in [6.07, 6.45) is 11.4. The molecule has 2 aliphatic carbocycles. The molecule has 3 aliphatic rings. The van der Waals surface area contributed by atoms with Crippen LogP contribution in [0.3, 0.4) is 0 Å². The predicted molar refractivity (Wildman–Crippen MR) is 135 cm³/mol. The minimum atomic E-state index is -0.129. The first kappa shape index (κ1) is 23.2. The Labute approximate surface area is 212 Å². The second kappa shape index (κ2) is 10.1. The van der Waals surface area contributed by atoms with Crippen molar-refractivity contribution in [3.63, 3.8) is 0 Å². The molecular formula is C25H30N4O4S2. The van der Waals surface area contributed by atoms with E-state index in [0.717, 1.165) is 60.3 Å². The number of aryl methyl sites for hydroxylation is 2. The van der Waals surface area contributed by atoms with E-state index in [2.05, 4.69) is 4.98 Å². The van der Waals surface area contributed by atoms with Crippen LogP contribution in [-0.2, 0) is 23.3 Å². The zero-order valence-corrected chi connectivity index (χ0v) is 21.4. The SMILES string of the molecule is O=C(c1coc(CSc2nc3sc4c(c3c(=O)n2C2CCCCC2)CCCC4)n1)N1CCOCC1. The van der Waals surface area contributed by atoms with Gasteiger partial charge in [0, 0.05) is 24.0 Å². The van der Waals surface area contributed by atoms with Crippen molar-refractivity contribution >= 4 is 39.2 Å². The lowest BCUT2D eigenvalue weighted by molar-refractivity contribution is 0.0299. The van der Waals surface area contributed by atoms with Gasteiger partial charge >= 0.3 is 0 Å². The third-order valence-electron chi connectivity index (χ3n) is 7.32. The highest BCUT2D eigenvalue weighted by Gasteiger charge is 2.27. The third-order valence-corrected chi connectivity index (χ3v) is 9.45. The molecule has 2 fully saturated rings. The molecule has 0 N–H and O–H groups in total. The summed E-state index contributed by atoms with van der Waals surface area (Å²) in [4.78, 5) is 40.0. The minimum absolute atomic E-state index is 0.124. The number of thioether (sulfide) groups is 1. The Kier molecular flexibility index (Phi) is 6.68. The fraction of sp³-hybridized carbons (Fsp3) is 0.600. The average molecular weight is 515 g/mol. The molecule has 0 spiro atoms. The number of oxazole rings is 1. The van der Waals surface area contributed by atoms with Crippen molar-refractivity contribution in [1.82, 2.24) is 19.4 Å². The standard InChI is InChI=1S/C25H30N4O4S2/c30-23(28-10-12-32-13-11-28)18-14-33-20(26-18)15-34-25-27-22-21(17-8-4-5-9-19(17)35-22)24(31)29(25)16-6-2-1-3-7-16/h14,16H,1-13,15H2. The second-order valence-corrected chi connectivity index (χ2v) is 11.6. The van der Waals surface area contributed by atoms with Crippen LogP contribution in [0.15, 0.2) is 20.6 Å². The molecule has 6 rings (SSSR count).